The molecule has 0 bridgehead atoms. The molecule has 8 heteroatoms. The molecule has 6 nitrogen and oxygen atoms in total. The van der Waals surface area contributed by atoms with E-state index in [1.165, 1.54) is 18.3 Å². The van der Waals surface area contributed by atoms with Crippen LogP contribution >= 0.6 is 23.2 Å². The maximum absolute atomic E-state index is 11.9. The lowest BCUT2D eigenvalue weighted by Gasteiger charge is -2.09. The van der Waals surface area contributed by atoms with Crippen LogP contribution in [0.25, 0.3) is 17.0 Å². The Balaban J connectivity index is 1.55. The van der Waals surface area contributed by atoms with Gasteiger partial charge in [-0.15, -0.1) is 0 Å². The van der Waals surface area contributed by atoms with Gasteiger partial charge in [0.15, 0.2) is 12.4 Å². The van der Waals surface area contributed by atoms with Crippen LogP contribution in [0.15, 0.2) is 48.7 Å². The SMILES string of the molecule is Cc1c(Cl)cnc(NC(=O)COC(=O)/C=C/c2ccc3ccccc3n2)c1Cl. The summed E-state index contributed by atoms with van der Waals surface area (Å²) in [6.45, 7) is 1.22. The second-order valence-electron chi connectivity index (χ2n) is 5.81. The first-order chi connectivity index (χ1) is 13.4. The van der Waals surface area contributed by atoms with Gasteiger partial charge in [0.05, 0.1) is 21.3 Å². The van der Waals surface area contributed by atoms with Crippen molar-refractivity contribution in [3.63, 3.8) is 0 Å². The summed E-state index contributed by atoms with van der Waals surface area (Å²) in [6.07, 6.45) is 4.11. The number of pyridine rings is 2. The second-order valence-corrected chi connectivity index (χ2v) is 6.60. The van der Waals surface area contributed by atoms with E-state index in [1.807, 2.05) is 30.3 Å². The number of amides is 1. The van der Waals surface area contributed by atoms with Crippen LogP contribution < -0.4 is 5.32 Å². The number of nitrogens with one attached hydrogen (secondary N) is 1. The Hall–Kier alpha value is -2.96. The molecule has 0 unspecified atom stereocenters. The average Bonchev–Trinajstić information content (AvgIpc) is 2.71. The number of hydrogen-bond donors (Lipinski definition) is 1. The standard InChI is InChI=1S/C20H15Cl2N3O3/c1-12-15(21)10-23-20(19(12)22)25-17(26)11-28-18(27)9-8-14-7-6-13-4-2-3-5-16(13)24-14/h2-10H,11H2,1H3,(H,23,25,26)/b9-8+. The molecule has 2 aromatic heterocycles. The number of hydrogen-bond acceptors (Lipinski definition) is 5. The van der Waals surface area contributed by atoms with Crippen molar-refractivity contribution >= 4 is 57.9 Å². The number of benzene rings is 1. The highest BCUT2D eigenvalue weighted by molar-refractivity contribution is 6.37. The van der Waals surface area contributed by atoms with Crippen molar-refractivity contribution in [3.05, 3.63) is 70.0 Å². The molecule has 0 spiro atoms. The van der Waals surface area contributed by atoms with Crippen LogP contribution in [0.2, 0.25) is 10.0 Å². The molecule has 3 rings (SSSR count). The van der Waals surface area contributed by atoms with Crippen molar-refractivity contribution in [2.45, 2.75) is 6.92 Å². The number of rotatable bonds is 5. The quantitative estimate of drug-likeness (QED) is 0.491. The minimum absolute atomic E-state index is 0.153. The highest BCUT2D eigenvalue weighted by Gasteiger charge is 2.12. The third kappa shape index (κ3) is 4.85. The number of fused-ring (bicyclic) bond motifs is 1. The fraction of sp³-hybridized carbons (Fsp3) is 0.100. The van der Waals surface area contributed by atoms with Gasteiger partial charge >= 0.3 is 5.97 Å². The number of carbonyl (C=O) groups excluding carboxylic acids is 2. The predicted molar refractivity (Wildman–Crippen MR) is 109 cm³/mol. The van der Waals surface area contributed by atoms with Gasteiger partial charge in [-0.2, -0.15) is 0 Å². The maximum Gasteiger partial charge on any atom is 0.331 e. The first-order valence-corrected chi connectivity index (χ1v) is 9.00. The number of aromatic nitrogens is 2. The van der Waals surface area contributed by atoms with Crippen LogP contribution in [0.4, 0.5) is 5.82 Å². The van der Waals surface area contributed by atoms with Gasteiger partial charge < -0.3 is 10.1 Å². The molecule has 2 heterocycles. The zero-order valence-corrected chi connectivity index (χ0v) is 16.3. The molecule has 0 radical (unpaired) electrons. The minimum Gasteiger partial charge on any atom is -0.452 e. The number of carbonyl (C=O) groups is 2. The maximum atomic E-state index is 11.9. The summed E-state index contributed by atoms with van der Waals surface area (Å²) in [6, 6.07) is 11.3. The number of esters is 1. The molecular weight excluding hydrogens is 401 g/mol. The summed E-state index contributed by atoms with van der Waals surface area (Å²) in [5, 5.41) is 4.10. The topological polar surface area (TPSA) is 81.2 Å². The van der Waals surface area contributed by atoms with Crippen molar-refractivity contribution in [2.75, 3.05) is 11.9 Å². The van der Waals surface area contributed by atoms with Gasteiger partial charge in [-0.3, -0.25) is 4.79 Å². The monoisotopic (exact) mass is 415 g/mol. The lowest BCUT2D eigenvalue weighted by atomic mass is 10.2. The lowest BCUT2D eigenvalue weighted by Crippen LogP contribution is -2.21. The Kier molecular flexibility index (Phi) is 6.23. The highest BCUT2D eigenvalue weighted by Crippen LogP contribution is 2.28. The fourth-order valence-corrected chi connectivity index (χ4v) is 2.71. The van der Waals surface area contributed by atoms with Gasteiger partial charge in [-0.1, -0.05) is 47.5 Å². The first-order valence-electron chi connectivity index (χ1n) is 8.25. The number of anilines is 1. The summed E-state index contributed by atoms with van der Waals surface area (Å²) in [5.74, 6) is -1.08. The molecule has 0 aliphatic carbocycles. The molecule has 142 valence electrons. The van der Waals surface area contributed by atoms with Crippen molar-refractivity contribution in [2.24, 2.45) is 0 Å². The van der Waals surface area contributed by atoms with E-state index in [-0.39, 0.29) is 10.8 Å². The molecule has 0 fully saturated rings. The van der Waals surface area contributed by atoms with Gasteiger partial charge in [0.2, 0.25) is 0 Å². The van der Waals surface area contributed by atoms with E-state index in [9.17, 15) is 9.59 Å². The summed E-state index contributed by atoms with van der Waals surface area (Å²) < 4.78 is 4.92. The van der Waals surface area contributed by atoms with Gasteiger partial charge in [0.1, 0.15) is 0 Å². The van der Waals surface area contributed by atoms with E-state index in [1.54, 1.807) is 13.0 Å². The van der Waals surface area contributed by atoms with Crippen LogP contribution in [-0.4, -0.2) is 28.5 Å². The summed E-state index contributed by atoms with van der Waals surface area (Å²) in [7, 11) is 0. The minimum atomic E-state index is -0.670. The van der Waals surface area contributed by atoms with E-state index in [0.717, 1.165) is 10.9 Å². The second kappa shape index (κ2) is 8.82. The van der Waals surface area contributed by atoms with E-state index in [2.05, 4.69) is 15.3 Å². The Bertz CT molecular complexity index is 1080. The van der Waals surface area contributed by atoms with E-state index in [0.29, 0.717) is 16.3 Å². The van der Waals surface area contributed by atoms with E-state index in [4.69, 9.17) is 27.9 Å². The lowest BCUT2D eigenvalue weighted by molar-refractivity contribution is -0.142. The fourth-order valence-electron chi connectivity index (χ4n) is 2.33. The molecule has 1 N–H and O–H groups in total. The van der Waals surface area contributed by atoms with E-state index < -0.39 is 18.5 Å². The Morgan fingerprint density at radius 1 is 1.18 bits per heavy atom. The van der Waals surface area contributed by atoms with Crippen molar-refractivity contribution in [3.8, 4) is 0 Å². The van der Waals surface area contributed by atoms with Crippen molar-refractivity contribution in [1.82, 2.24) is 9.97 Å². The summed E-state index contributed by atoms with van der Waals surface area (Å²) >= 11 is 12.0. The third-order valence-corrected chi connectivity index (χ3v) is 4.66. The molecular formula is C20H15Cl2N3O3. The molecule has 28 heavy (non-hydrogen) atoms. The normalized spacial score (nSPS) is 11.0. The van der Waals surface area contributed by atoms with Crippen LogP contribution in [0.5, 0.6) is 0 Å². The molecule has 0 aliphatic rings. The number of nitrogens with zero attached hydrogens (tertiary/aromatic N) is 2. The molecule has 0 atom stereocenters. The number of halogens is 2. The first kappa shape index (κ1) is 19.8. The summed E-state index contributed by atoms with van der Waals surface area (Å²) in [5.41, 5.74) is 2.02. The number of para-hydroxylation sites is 1. The molecule has 1 aromatic carbocycles. The Labute approximate surface area is 171 Å². The highest BCUT2D eigenvalue weighted by atomic mass is 35.5. The molecule has 1 amide bonds. The van der Waals surface area contributed by atoms with Crippen LogP contribution in [-0.2, 0) is 14.3 Å². The Morgan fingerprint density at radius 3 is 2.79 bits per heavy atom. The Morgan fingerprint density at radius 2 is 1.96 bits per heavy atom. The molecule has 3 aromatic rings. The predicted octanol–water partition coefficient (Wildman–Crippen LogP) is 4.44. The smallest absolute Gasteiger partial charge is 0.331 e. The van der Waals surface area contributed by atoms with Crippen LogP contribution in [0.3, 0.4) is 0 Å². The number of ether oxygens (including phenoxy) is 1. The summed E-state index contributed by atoms with van der Waals surface area (Å²) in [4.78, 5) is 32.1. The van der Waals surface area contributed by atoms with E-state index >= 15 is 0 Å². The average molecular weight is 416 g/mol. The van der Waals surface area contributed by atoms with Crippen molar-refractivity contribution in [1.29, 1.82) is 0 Å². The van der Waals surface area contributed by atoms with Gasteiger partial charge in [0.25, 0.3) is 5.91 Å². The van der Waals surface area contributed by atoms with Gasteiger partial charge in [0, 0.05) is 17.7 Å². The van der Waals surface area contributed by atoms with Gasteiger partial charge in [-0.25, -0.2) is 14.8 Å². The zero-order valence-electron chi connectivity index (χ0n) is 14.8. The zero-order chi connectivity index (χ0) is 20.1. The van der Waals surface area contributed by atoms with Crippen molar-refractivity contribution < 1.29 is 14.3 Å². The molecule has 0 saturated heterocycles. The molecule has 0 aliphatic heterocycles. The third-order valence-electron chi connectivity index (χ3n) is 3.82. The van der Waals surface area contributed by atoms with Gasteiger partial charge in [-0.05, 0) is 30.7 Å². The van der Waals surface area contributed by atoms with Crippen LogP contribution in [0.1, 0.15) is 11.3 Å². The van der Waals surface area contributed by atoms with Crippen LogP contribution in [0, 0.1) is 6.92 Å². The largest absolute Gasteiger partial charge is 0.452 e. The molecule has 0 saturated carbocycles.